The van der Waals surface area contributed by atoms with Crippen LogP contribution in [0.1, 0.15) is 5.82 Å². The van der Waals surface area contributed by atoms with Gasteiger partial charge in [-0.25, -0.2) is 14.4 Å². The van der Waals surface area contributed by atoms with Crippen molar-refractivity contribution in [2.75, 3.05) is 0 Å². The van der Waals surface area contributed by atoms with Crippen molar-refractivity contribution >= 4 is 28.5 Å². The summed E-state index contributed by atoms with van der Waals surface area (Å²) >= 11 is 1.40. The topological polar surface area (TPSA) is 103 Å². The van der Waals surface area contributed by atoms with Crippen LogP contribution in [-0.2, 0) is 5.75 Å². The Morgan fingerprint density at radius 1 is 1.23 bits per heavy atom. The average Bonchev–Trinajstić information content (AvgIpc) is 3.27. The first-order valence-electron chi connectivity index (χ1n) is 7.52. The zero-order valence-electron chi connectivity index (χ0n) is 13.2. The number of hydrogen-bond donors (Lipinski definition) is 1. The molecular weight excluding hydrogens is 359 g/mol. The van der Waals surface area contributed by atoms with Crippen molar-refractivity contribution in [1.82, 2.24) is 24.7 Å². The second-order valence-electron chi connectivity index (χ2n) is 5.35. The van der Waals surface area contributed by atoms with Crippen molar-refractivity contribution in [3.05, 3.63) is 70.5 Å². The van der Waals surface area contributed by atoms with Crippen molar-refractivity contribution in [2.24, 2.45) is 0 Å². The molecular formula is C16H11FN6O2S. The van der Waals surface area contributed by atoms with Crippen molar-refractivity contribution in [3.63, 3.8) is 0 Å². The number of H-pyrrole nitrogens is 1. The van der Waals surface area contributed by atoms with Gasteiger partial charge in [-0.1, -0.05) is 11.8 Å². The van der Waals surface area contributed by atoms with Gasteiger partial charge in [0, 0.05) is 17.8 Å². The lowest BCUT2D eigenvalue weighted by atomic mass is 10.2. The Bertz CT molecular complexity index is 1080. The maximum Gasteiger partial charge on any atom is 0.271 e. The van der Waals surface area contributed by atoms with Gasteiger partial charge in [0.2, 0.25) is 0 Å². The number of nitro benzene ring substituents is 1. The molecule has 0 radical (unpaired) electrons. The largest absolute Gasteiger partial charge is 0.296 e. The molecule has 0 saturated heterocycles. The van der Waals surface area contributed by atoms with Gasteiger partial charge in [-0.3, -0.25) is 19.8 Å². The van der Waals surface area contributed by atoms with Crippen LogP contribution in [0.15, 0.2) is 53.9 Å². The number of thioether (sulfide) groups is 1. The molecule has 1 N–H and O–H groups in total. The minimum absolute atomic E-state index is 0.0318. The Balaban J connectivity index is 1.82. The highest BCUT2D eigenvalue weighted by Crippen LogP contribution is 2.28. The third-order valence-electron chi connectivity index (χ3n) is 3.73. The van der Waals surface area contributed by atoms with Gasteiger partial charge in [-0.05, 0) is 30.3 Å². The summed E-state index contributed by atoms with van der Waals surface area (Å²) in [6.07, 6.45) is 1.41. The van der Waals surface area contributed by atoms with E-state index in [0.717, 1.165) is 5.69 Å². The number of halogens is 1. The molecule has 0 aliphatic rings. The van der Waals surface area contributed by atoms with Gasteiger partial charge in [-0.2, -0.15) is 5.10 Å². The molecule has 0 bridgehead atoms. The highest BCUT2D eigenvalue weighted by Gasteiger charge is 2.16. The third-order valence-corrected chi connectivity index (χ3v) is 4.61. The van der Waals surface area contributed by atoms with E-state index in [-0.39, 0.29) is 11.5 Å². The van der Waals surface area contributed by atoms with Gasteiger partial charge in [0.1, 0.15) is 18.0 Å². The first-order valence-corrected chi connectivity index (χ1v) is 8.50. The number of nitrogens with zero attached hydrogens (tertiary/aromatic N) is 5. The Morgan fingerprint density at radius 2 is 2.04 bits per heavy atom. The Hall–Kier alpha value is -3.27. The number of non-ortho nitro benzene ring substituents is 1. The van der Waals surface area contributed by atoms with E-state index in [0.29, 0.717) is 27.8 Å². The Morgan fingerprint density at radius 3 is 2.73 bits per heavy atom. The normalized spacial score (nSPS) is 11.1. The van der Waals surface area contributed by atoms with E-state index in [1.807, 2.05) is 4.57 Å². The lowest BCUT2D eigenvalue weighted by Gasteiger charge is -2.08. The Kier molecular flexibility index (Phi) is 4.09. The van der Waals surface area contributed by atoms with E-state index in [4.69, 9.17) is 0 Å². The highest BCUT2D eigenvalue weighted by atomic mass is 32.2. The second-order valence-corrected chi connectivity index (χ2v) is 6.31. The van der Waals surface area contributed by atoms with E-state index in [2.05, 4.69) is 20.2 Å². The SMILES string of the molecule is O=[N+]([O-])c1ccc2c(c1)nc(CSc1ncn[nH]1)n2-c1ccc(F)cc1. The Labute approximate surface area is 150 Å². The number of benzene rings is 2. The average molecular weight is 370 g/mol. The maximum atomic E-state index is 13.3. The summed E-state index contributed by atoms with van der Waals surface area (Å²) in [7, 11) is 0. The van der Waals surface area contributed by atoms with Gasteiger partial charge in [0.25, 0.3) is 5.69 Å². The van der Waals surface area contributed by atoms with Crippen LogP contribution < -0.4 is 0 Å². The van der Waals surface area contributed by atoms with Gasteiger partial charge < -0.3 is 0 Å². The quantitative estimate of drug-likeness (QED) is 0.328. The predicted octanol–water partition coefficient (Wildman–Crippen LogP) is 3.48. The molecule has 0 unspecified atom stereocenters. The fourth-order valence-electron chi connectivity index (χ4n) is 2.60. The van der Waals surface area contributed by atoms with Gasteiger partial charge in [0.15, 0.2) is 5.16 Å². The van der Waals surface area contributed by atoms with Crippen LogP contribution in [0.3, 0.4) is 0 Å². The second kappa shape index (κ2) is 6.56. The standard InChI is InChI=1S/C16H11FN6O2S/c17-10-1-3-11(4-2-10)22-14-6-5-12(23(24)25)7-13(14)20-15(22)8-26-16-18-9-19-21-16/h1-7,9H,8H2,(H,18,19,21). The number of nitrogens with one attached hydrogen (secondary N) is 1. The molecule has 0 amide bonds. The summed E-state index contributed by atoms with van der Waals surface area (Å²) in [5.41, 5.74) is 1.89. The fraction of sp³-hybridized carbons (Fsp3) is 0.0625. The first kappa shape index (κ1) is 16.2. The van der Waals surface area contributed by atoms with E-state index < -0.39 is 4.92 Å². The molecule has 0 aliphatic carbocycles. The zero-order chi connectivity index (χ0) is 18.1. The van der Waals surface area contributed by atoms with Crippen LogP contribution in [0.25, 0.3) is 16.7 Å². The molecule has 0 saturated carbocycles. The monoisotopic (exact) mass is 370 g/mol. The summed E-state index contributed by atoms with van der Waals surface area (Å²) in [6, 6.07) is 10.5. The number of rotatable bonds is 5. The highest BCUT2D eigenvalue weighted by molar-refractivity contribution is 7.98. The first-order chi connectivity index (χ1) is 12.6. The van der Waals surface area contributed by atoms with Crippen LogP contribution in [0.5, 0.6) is 0 Å². The van der Waals surface area contributed by atoms with E-state index in [1.165, 1.54) is 42.4 Å². The molecule has 8 nitrogen and oxygen atoms in total. The van der Waals surface area contributed by atoms with Gasteiger partial charge >= 0.3 is 0 Å². The fourth-order valence-corrected chi connectivity index (χ4v) is 3.30. The molecule has 2 aromatic carbocycles. The minimum Gasteiger partial charge on any atom is -0.296 e. The smallest absolute Gasteiger partial charge is 0.271 e. The number of aromatic nitrogens is 5. The molecule has 2 heterocycles. The summed E-state index contributed by atoms with van der Waals surface area (Å²) in [6.45, 7) is 0. The van der Waals surface area contributed by atoms with Crippen molar-refractivity contribution in [3.8, 4) is 5.69 Å². The predicted molar refractivity (Wildman–Crippen MR) is 93.6 cm³/mol. The lowest BCUT2D eigenvalue weighted by Crippen LogP contribution is -2.00. The van der Waals surface area contributed by atoms with Crippen LogP contribution in [0.4, 0.5) is 10.1 Å². The number of hydrogen-bond acceptors (Lipinski definition) is 6. The molecule has 0 aliphatic heterocycles. The molecule has 0 fully saturated rings. The molecule has 10 heteroatoms. The third kappa shape index (κ3) is 3.02. The van der Waals surface area contributed by atoms with E-state index in [1.54, 1.807) is 18.2 Å². The number of fused-ring (bicyclic) bond motifs is 1. The number of nitro groups is 1. The van der Waals surface area contributed by atoms with Crippen molar-refractivity contribution < 1.29 is 9.31 Å². The van der Waals surface area contributed by atoms with Crippen LogP contribution in [0, 0.1) is 15.9 Å². The molecule has 26 heavy (non-hydrogen) atoms. The molecule has 4 rings (SSSR count). The number of aromatic amines is 1. The zero-order valence-corrected chi connectivity index (χ0v) is 14.0. The molecule has 130 valence electrons. The van der Waals surface area contributed by atoms with E-state index in [9.17, 15) is 14.5 Å². The number of imidazole rings is 1. The van der Waals surface area contributed by atoms with E-state index >= 15 is 0 Å². The van der Waals surface area contributed by atoms with Crippen LogP contribution in [-0.4, -0.2) is 29.7 Å². The van der Waals surface area contributed by atoms with Crippen LogP contribution >= 0.6 is 11.8 Å². The van der Waals surface area contributed by atoms with Crippen LogP contribution in [0.2, 0.25) is 0 Å². The summed E-state index contributed by atoms with van der Waals surface area (Å²) in [5.74, 6) is 0.773. The van der Waals surface area contributed by atoms with Crippen molar-refractivity contribution in [1.29, 1.82) is 0 Å². The summed E-state index contributed by atoms with van der Waals surface area (Å²) in [4.78, 5) is 19.2. The maximum absolute atomic E-state index is 13.3. The van der Waals surface area contributed by atoms with Gasteiger partial charge in [-0.15, -0.1) is 0 Å². The minimum atomic E-state index is -0.459. The summed E-state index contributed by atoms with van der Waals surface area (Å²) < 4.78 is 15.1. The molecule has 2 aromatic heterocycles. The molecule has 0 spiro atoms. The van der Waals surface area contributed by atoms with Crippen molar-refractivity contribution in [2.45, 2.75) is 10.9 Å². The molecule has 0 atom stereocenters. The summed E-state index contributed by atoms with van der Waals surface area (Å²) in [5, 5.41) is 18.2. The lowest BCUT2D eigenvalue weighted by molar-refractivity contribution is -0.384. The molecule has 4 aromatic rings. The van der Waals surface area contributed by atoms with Gasteiger partial charge in [0.05, 0.1) is 21.7 Å².